The normalized spacial score (nSPS) is 18.7. The lowest BCUT2D eigenvalue weighted by molar-refractivity contribution is 0.0648. The van der Waals surface area contributed by atoms with Gasteiger partial charge in [-0.1, -0.05) is 36.3 Å². The first kappa shape index (κ1) is 18.0. The van der Waals surface area contributed by atoms with Gasteiger partial charge in [0.25, 0.3) is 5.91 Å². The number of thiocarbonyl (C=S) groups is 1. The minimum atomic E-state index is -0.610. The fourth-order valence-electron chi connectivity index (χ4n) is 3.96. The maximum atomic E-state index is 13.4. The number of nitrogens with zero attached hydrogens (tertiary/aromatic N) is 2. The van der Waals surface area contributed by atoms with E-state index in [0.717, 1.165) is 43.2 Å². The Kier molecular flexibility index (Phi) is 4.64. The Morgan fingerprint density at radius 1 is 1.04 bits per heavy atom. The van der Waals surface area contributed by atoms with Gasteiger partial charge in [0.2, 0.25) is 0 Å². The summed E-state index contributed by atoms with van der Waals surface area (Å²) in [6.07, 6.45) is 4.77. The molecule has 0 aromatic heterocycles. The van der Waals surface area contributed by atoms with E-state index in [-0.39, 0.29) is 11.7 Å². The molecule has 1 saturated carbocycles. The summed E-state index contributed by atoms with van der Waals surface area (Å²) >= 11 is 5.71. The van der Waals surface area contributed by atoms with Crippen molar-refractivity contribution in [2.45, 2.75) is 44.7 Å². The molecule has 2 aromatic rings. The van der Waals surface area contributed by atoms with Gasteiger partial charge in [-0.25, -0.2) is 4.39 Å². The summed E-state index contributed by atoms with van der Waals surface area (Å²) in [6.45, 7) is 1.99. The first-order valence-corrected chi connectivity index (χ1v) is 9.72. The summed E-state index contributed by atoms with van der Waals surface area (Å²) in [5, 5.41) is 0. The molecule has 0 radical (unpaired) electrons. The summed E-state index contributed by atoms with van der Waals surface area (Å²) in [6, 6.07) is 13.7. The highest BCUT2D eigenvalue weighted by Crippen LogP contribution is 2.41. The van der Waals surface area contributed by atoms with Gasteiger partial charge in [0.1, 0.15) is 22.2 Å². The summed E-state index contributed by atoms with van der Waals surface area (Å²) in [5.41, 5.74) is 2.48. The van der Waals surface area contributed by atoms with Crippen LogP contribution in [0.25, 0.3) is 0 Å². The zero-order chi connectivity index (χ0) is 19.0. The van der Waals surface area contributed by atoms with Gasteiger partial charge in [0, 0.05) is 11.1 Å². The third-order valence-corrected chi connectivity index (χ3v) is 5.79. The zero-order valence-corrected chi connectivity index (χ0v) is 16.1. The van der Waals surface area contributed by atoms with Crippen LogP contribution < -0.4 is 0 Å². The molecule has 1 aliphatic heterocycles. The van der Waals surface area contributed by atoms with Gasteiger partial charge in [-0.2, -0.15) is 0 Å². The quantitative estimate of drug-likeness (QED) is 0.682. The summed E-state index contributed by atoms with van der Waals surface area (Å²) in [7, 11) is 0. The monoisotopic (exact) mass is 380 g/mol. The molecule has 1 fully saturated rings. The van der Waals surface area contributed by atoms with Gasteiger partial charge in [0.05, 0.1) is 0 Å². The SMILES string of the molecule is Cc1ccc(C(=O)N2C(=S)C(c3ccc(F)cc3)=NC23CCCCC3)cc1. The number of carbonyl (C=O) groups is 1. The molecule has 0 unspecified atom stereocenters. The molecule has 1 heterocycles. The molecule has 138 valence electrons. The van der Waals surface area contributed by atoms with Crippen LogP contribution in [0, 0.1) is 12.7 Å². The second-order valence-electron chi connectivity index (χ2n) is 7.32. The lowest BCUT2D eigenvalue weighted by Gasteiger charge is -2.38. The van der Waals surface area contributed by atoms with Crippen LogP contribution in [0.1, 0.15) is 53.6 Å². The maximum Gasteiger partial charge on any atom is 0.260 e. The van der Waals surface area contributed by atoms with Crippen LogP contribution in [-0.4, -0.2) is 27.2 Å². The van der Waals surface area contributed by atoms with E-state index in [2.05, 4.69) is 0 Å². The van der Waals surface area contributed by atoms with Crippen LogP contribution in [0.5, 0.6) is 0 Å². The highest BCUT2D eigenvalue weighted by molar-refractivity contribution is 7.82. The van der Waals surface area contributed by atoms with Crippen molar-refractivity contribution in [3.8, 4) is 0 Å². The maximum absolute atomic E-state index is 13.4. The standard InChI is InChI=1S/C22H21FN2OS/c1-15-5-7-17(8-6-15)20(26)25-21(27)19(16-9-11-18(23)12-10-16)24-22(25)13-3-2-4-14-22/h5-12H,2-4,13-14H2,1H3. The average Bonchev–Trinajstić information content (AvgIpc) is 2.95. The Morgan fingerprint density at radius 3 is 2.30 bits per heavy atom. The van der Waals surface area contributed by atoms with Crippen LogP contribution in [0.4, 0.5) is 4.39 Å². The average molecular weight is 380 g/mol. The van der Waals surface area contributed by atoms with Crippen LogP contribution in [0.15, 0.2) is 53.5 Å². The van der Waals surface area contributed by atoms with E-state index in [0.29, 0.717) is 16.3 Å². The molecule has 5 heteroatoms. The Hall–Kier alpha value is -2.40. The van der Waals surface area contributed by atoms with Crippen molar-refractivity contribution < 1.29 is 9.18 Å². The molecule has 0 atom stereocenters. The molecular formula is C22H21FN2OS. The largest absolute Gasteiger partial charge is 0.271 e. The minimum absolute atomic E-state index is 0.109. The van der Waals surface area contributed by atoms with E-state index in [9.17, 15) is 9.18 Å². The second-order valence-corrected chi connectivity index (χ2v) is 7.71. The molecule has 2 aliphatic rings. The van der Waals surface area contributed by atoms with Gasteiger partial charge < -0.3 is 0 Å². The van der Waals surface area contributed by atoms with Crippen molar-refractivity contribution in [2.75, 3.05) is 0 Å². The molecule has 0 bridgehead atoms. The third-order valence-electron chi connectivity index (χ3n) is 5.42. The first-order chi connectivity index (χ1) is 13.0. The number of rotatable bonds is 2. The smallest absolute Gasteiger partial charge is 0.260 e. The van der Waals surface area contributed by atoms with Crippen LogP contribution in [0.3, 0.4) is 0 Å². The number of hydrogen-bond acceptors (Lipinski definition) is 3. The lowest BCUT2D eigenvalue weighted by atomic mass is 9.88. The molecular weight excluding hydrogens is 359 g/mol. The Balaban J connectivity index is 1.76. The fraction of sp³-hybridized carbons (Fsp3) is 0.318. The molecule has 1 amide bonds. The molecule has 2 aromatic carbocycles. The molecule has 1 spiro atoms. The van der Waals surface area contributed by atoms with Crippen LogP contribution >= 0.6 is 12.2 Å². The molecule has 0 saturated heterocycles. The Morgan fingerprint density at radius 2 is 1.67 bits per heavy atom. The predicted octanol–water partition coefficient (Wildman–Crippen LogP) is 5.07. The van der Waals surface area contributed by atoms with E-state index in [1.54, 1.807) is 17.0 Å². The molecule has 1 aliphatic carbocycles. The van der Waals surface area contributed by atoms with Gasteiger partial charge in [0.15, 0.2) is 0 Å². The van der Waals surface area contributed by atoms with Crippen molar-refractivity contribution in [1.29, 1.82) is 0 Å². The van der Waals surface area contributed by atoms with Crippen molar-refractivity contribution in [1.82, 2.24) is 4.90 Å². The van der Waals surface area contributed by atoms with Crippen LogP contribution in [-0.2, 0) is 0 Å². The van der Waals surface area contributed by atoms with E-state index in [1.807, 2.05) is 31.2 Å². The van der Waals surface area contributed by atoms with E-state index in [4.69, 9.17) is 17.2 Å². The summed E-state index contributed by atoms with van der Waals surface area (Å²) in [5.74, 6) is -0.411. The topological polar surface area (TPSA) is 32.7 Å². The summed E-state index contributed by atoms with van der Waals surface area (Å²) in [4.78, 5) is 20.5. The van der Waals surface area contributed by atoms with Crippen molar-refractivity contribution in [2.24, 2.45) is 4.99 Å². The van der Waals surface area contributed by atoms with E-state index >= 15 is 0 Å². The highest BCUT2D eigenvalue weighted by atomic mass is 32.1. The van der Waals surface area contributed by atoms with Gasteiger partial charge >= 0.3 is 0 Å². The number of aliphatic imine (C=N–C) groups is 1. The Bertz CT molecular complexity index is 912. The number of hydrogen-bond donors (Lipinski definition) is 0. The number of carbonyl (C=O) groups excluding carboxylic acids is 1. The highest BCUT2D eigenvalue weighted by Gasteiger charge is 2.48. The Labute approximate surface area is 163 Å². The van der Waals surface area contributed by atoms with Crippen molar-refractivity contribution in [3.05, 3.63) is 71.0 Å². The number of amides is 1. The van der Waals surface area contributed by atoms with Gasteiger partial charge in [-0.3, -0.25) is 14.7 Å². The predicted molar refractivity (Wildman–Crippen MR) is 109 cm³/mol. The zero-order valence-electron chi connectivity index (χ0n) is 15.2. The van der Waals surface area contributed by atoms with Gasteiger partial charge in [-0.05, 0) is 69.0 Å². The summed E-state index contributed by atoms with van der Waals surface area (Å²) < 4.78 is 13.3. The van der Waals surface area contributed by atoms with Gasteiger partial charge in [-0.15, -0.1) is 0 Å². The number of benzene rings is 2. The number of halogens is 1. The minimum Gasteiger partial charge on any atom is -0.271 e. The lowest BCUT2D eigenvalue weighted by Crippen LogP contribution is -2.50. The molecule has 27 heavy (non-hydrogen) atoms. The van der Waals surface area contributed by atoms with E-state index < -0.39 is 5.66 Å². The molecule has 3 nitrogen and oxygen atoms in total. The fourth-order valence-corrected chi connectivity index (χ4v) is 4.37. The van der Waals surface area contributed by atoms with Crippen molar-refractivity contribution in [3.63, 3.8) is 0 Å². The second kappa shape index (κ2) is 6.97. The third kappa shape index (κ3) is 3.21. The van der Waals surface area contributed by atoms with Crippen molar-refractivity contribution >= 4 is 28.8 Å². The number of aryl methyl sites for hydroxylation is 1. The molecule has 0 N–H and O–H groups in total. The van der Waals surface area contributed by atoms with E-state index in [1.165, 1.54) is 12.1 Å². The first-order valence-electron chi connectivity index (χ1n) is 9.32. The molecule has 4 rings (SSSR count). The van der Waals surface area contributed by atoms with Crippen LogP contribution in [0.2, 0.25) is 0 Å².